The van der Waals surface area contributed by atoms with Gasteiger partial charge in [-0.1, -0.05) is 19.6 Å². The lowest BCUT2D eigenvalue weighted by Crippen LogP contribution is -2.43. The summed E-state index contributed by atoms with van der Waals surface area (Å²) in [5.74, 6) is -0.327. The number of carbonyl (C=O) groups is 1. The van der Waals surface area contributed by atoms with Gasteiger partial charge in [-0.05, 0) is 54.6 Å². The van der Waals surface area contributed by atoms with Crippen LogP contribution >= 0.6 is 0 Å². The normalized spacial score (nSPS) is 15.0. The first-order valence-corrected chi connectivity index (χ1v) is 11.1. The summed E-state index contributed by atoms with van der Waals surface area (Å²) in [4.78, 5) is 16.7. The third-order valence-electron chi connectivity index (χ3n) is 4.29. The van der Waals surface area contributed by atoms with Crippen molar-refractivity contribution in [2.75, 3.05) is 0 Å². The molecule has 1 aliphatic carbocycles. The molecule has 2 aromatic rings. The highest BCUT2D eigenvalue weighted by Crippen LogP contribution is 2.25. The zero-order valence-electron chi connectivity index (χ0n) is 13.0. The molecule has 1 aliphatic rings. The number of hydrogen-bond donors (Lipinski definition) is 1. The maximum absolute atomic E-state index is 11.8. The molecule has 1 heterocycles. The van der Waals surface area contributed by atoms with E-state index >= 15 is 0 Å². The van der Waals surface area contributed by atoms with E-state index in [0.717, 1.165) is 28.9 Å². The van der Waals surface area contributed by atoms with Crippen molar-refractivity contribution >= 4 is 30.1 Å². The van der Waals surface area contributed by atoms with Crippen molar-refractivity contribution in [3.8, 4) is 0 Å². The number of aromatic nitrogens is 1. The summed E-state index contributed by atoms with van der Waals surface area (Å²) in [6, 6.07) is 6.09. The summed E-state index contributed by atoms with van der Waals surface area (Å²) in [5.41, 5.74) is 9.89. The van der Waals surface area contributed by atoms with Gasteiger partial charge in [-0.3, -0.25) is 9.78 Å². The lowest BCUT2D eigenvalue weighted by atomic mass is 9.94. The van der Waals surface area contributed by atoms with E-state index in [-0.39, 0.29) is 5.91 Å². The lowest BCUT2D eigenvalue weighted by molar-refractivity contribution is 0.100. The first-order valence-electron chi connectivity index (χ1n) is 7.64. The SMILES string of the molecule is C[Si](C)(C)c1c(C(N)=O)ccc2nc3c(cc12)CCCC3. The van der Waals surface area contributed by atoms with Crippen LogP contribution in [-0.2, 0) is 12.8 Å². The smallest absolute Gasteiger partial charge is 0.248 e. The van der Waals surface area contributed by atoms with E-state index in [9.17, 15) is 4.79 Å². The van der Waals surface area contributed by atoms with Crippen LogP contribution in [0.1, 0.15) is 34.5 Å². The fraction of sp³-hybridized carbons (Fsp3) is 0.412. The van der Waals surface area contributed by atoms with Crippen molar-refractivity contribution in [1.82, 2.24) is 4.98 Å². The minimum Gasteiger partial charge on any atom is -0.366 e. The molecule has 4 heteroatoms. The van der Waals surface area contributed by atoms with Gasteiger partial charge in [0.05, 0.1) is 13.6 Å². The highest BCUT2D eigenvalue weighted by atomic mass is 28.3. The molecular formula is C17H22N2OSi. The summed E-state index contributed by atoms with van der Waals surface area (Å²) in [6.45, 7) is 6.77. The molecule has 0 aliphatic heterocycles. The lowest BCUT2D eigenvalue weighted by Gasteiger charge is -2.24. The van der Waals surface area contributed by atoms with Crippen LogP contribution in [0.25, 0.3) is 10.9 Å². The van der Waals surface area contributed by atoms with Gasteiger partial charge in [0.1, 0.15) is 0 Å². The van der Waals surface area contributed by atoms with Crippen LogP contribution in [0.3, 0.4) is 0 Å². The van der Waals surface area contributed by atoms with Crippen molar-refractivity contribution in [3.05, 3.63) is 35.0 Å². The van der Waals surface area contributed by atoms with Gasteiger partial charge in [-0.15, -0.1) is 0 Å². The van der Waals surface area contributed by atoms with Gasteiger partial charge in [0.15, 0.2) is 0 Å². The predicted octanol–water partition coefficient (Wildman–Crippen LogP) is 2.76. The Hall–Kier alpha value is -1.68. The number of nitrogens with zero attached hydrogens (tertiary/aromatic N) is 1. The Morgan fingerprint density at radius 2 is 1.90 bits per heavy atom. The number of rotatable bonds is 2. The molecule has 0 radical (unpaired) electrons. The Bertz CT molecular complexity index is 732. The molecule has 0 atom stereocenters. The summed E-state index contributed by atoms with van der Waals surface area (Å²) in [7, 11) is -1.69. The Kier molecular flexibility index (Phi) is 3.36. The summed E-state index contributed by atoms with van der Waals surface area (Å²) < 4.78 is 0. The Balaban J connectivity index is 2.36. The van der Waals surface area contributed by atoms with Crippen LogP contribution in [0.4, 0.5) is 0 Å². The van der Waals surface area contributed by atoms with E-state index in [4.69, 9.17) is 10.7 Å². The molecule has 0 saturated carbocycles. The number of primary amides is 1. The standard InChI is InChI=1S/C17H22N2OSi/c1-21(2,3)16-12(17(18)20)8-9-15-13(16)10-11-6-4-5-7-14(11)19-15/h8-10H,4-7H2,1-3H3,(H2,18,20). The second-order valence-corrected chi connectivity index (χ2v) is 12.0. The quantitative estimate of drug-likeness (QED) is 0.867. The summed E-state index contributed by atoms with van der Waals surface area (Å²) in [6.07, 6.45) is 4.64. The zero-order valence-corrected chi connectivity index (χ0v) is 14.0. The number of amides is 1. The molecule has 3 nitrogen and oxygen atoms in total. The second-order valence-electron chi connectivity index (χ2n) is 6.97. The van der Waals surface area contributed by atoms with Gasteiger partial charge in [0.2, 0.25) is 5.91 Å². The number of hydrogen-bond acceptors (Lipinski definition) is 2. The minimum atomic E-state index is -1.69. The van der Waals surface area contributed by atoms with Crippen LogP contribution in [-0.4, -0.2) is 19.0 Å². The van der Waals surface area contributed by atoms with Crippen LogP contribution in [0.2, 0.25) is 19.6 Å². The van der Waals surface area contributed by atoms with Crippen LogP contribution in [0.15, 0.2) is 18.2 Å². The molecule has 2 N–H and O–H groups in total. The first-order chi connectivity index (χ1) is 9.88. The van der Waals surface area contributed by atoms with Crippen molar-refractivity contribution < 1.29 is 4.79 Å². The van der Waals surface area contributed by atoms with Crippen molar-refractivity contribution in [1.29, 1.82) is 0 Å². The molecule has 0 spiro atoms. The van der Waals surface area contributed by atoms with Gasteiger partial charge in [0, 0.05) is 16.6 Å². The predicted molar refractivity (Wildman–Crippen MR) is 89.9 cm³/mol. The van der Waals surface area contributed by atoms with Gasteiger partial charge in [0.25, 0.3) is 0 Å². The maximum atomic E-state index is 11.8. The zero-order chi connectivity index (χ0) is 15.2. The van der Waals surface area contributed by atoms with Crippen molar-refractivity contribution in [2.45, 2.75) is 45.3 Å². The monoisotopic (exact) mass is 298 g/mol. The molecule has 1 aromatic carbocycles. The van der Waals surface area contributed by atoms with E-state index in [2.05, 4.69) is 25.7 Å². The average Bonchev–Trinajstić information content (AvgIpc) is 2.42. The van der Waals surface area contributed by atoms with Gasteiger partial charge in [-0.2, -0.15) is 0 Å². The number of aryl methyl sites for hydroxylation is 2. The molecule has 21 heavy (non-hydrogen) atoms. The Morgan fingerprint density at radius 1 is 1.19 bits per heavy atom. The number of carbonyl (C=O) groups excluding carboxylic acids is 1. The highest BCUT2D eigenvalue weighted by molar-refractivity contribution is 6.91. The Morgan fingerprint density at radius 3 is 2.57 bits per heavy atom. The van der Waals surface area contributed by atoms with E-state index in [1.54, 1.807) is 0 Å². The number of benzene rings is 1. The third kappa shape index (κ3) is 2.48. The Labute approximate surface area is 126 Å². The average molecular weight is 298 g/mol. The van der Waals surface area contributed by atoms with E-state index in [1.165, 1.54) is 24.1 Å². The number of fused-ring (bicyclic) bond motifs is 2. The molecule has 0 unspecified atom stereocenters. The second kappa shape index (κ2) is 4.95. The van der Waals surface area contributed by atoms with Crippen LogP contribution in [0.5, 0.6) is 0 Å². The van der Waals surface area contributed by atoms with Gasteiger partial charge >= 0.3 is 0 Å². The number of pyridine rings is 1. The third-order valence-corrected chi connectivity index (χ3v) is 6.33. The van der Waals surface area contributed by atoms with E-state index in [0.29, 0.717) is 5.56 Å². The maximum Gasteiger partial charge on any atom is 0.248 e. The van der Waals surface area contributed by atoms with Gasteiger partial charge in [-0.25, -0.2) is 0 Å². The largest absolute Gasteiger partial charge is 0.366 e. The number of nitrogens with two attached hydrogens (primary N) is 1. The molecule has 0 fully saturated rings. The fourth-order valence-electron chi connectivity index (χ4n) is 3.38. The van der Waals surface area contributed by atoms with Crippen LogP contribution in [0, 0.1) is 0 Å². The minimum absolute atomic E-state index is 0.327. The fourth-order valence-corrected chi connectivity index (χ4v) is 5.40. The van der Waals surface area contributed by atoms with Gasteiger partial charge < -0.3 is 5.73 Å². The molecule has 0 saturated heterocycles. The summed E-state index contributed by atoms with van der Waals surface area (Å²) in [5, 5.41) is 2.31. The van der Waals surface area contributed by atoms with Crippen LogP contribution < -0.4 is 10.9 Å². The molecule has 1 amide bonds. The molecule has 110 valence electrons. The van der Waals surface area contributed by atoms with E-state index in [1.807, 2.05) is 12.1 Å². The molecular weight excluding hydrogens is 276 g/mol. The molecule has 3 rings (SSSR count). The summed E-state index contributed by atoms with van der Waals surface area (Å²) >= 11 is 0. The van der Waals surface area contributed by atoms with Crippen molar-refractivity contribution in [3.63, 3.8) is 0 Å². The molecule has 0 bridgehead atoms. The first kappa shape index (κ1) is 14.3. The topological polar surface area (TPSA) is 56.0 Å². The molecule has 1 aromatic heterocycles. The van der Waals surface area contributed by atoms with Crippen molar-refractivity contribution in [2.24, 2.45) is 5.73 Å². The van der Waals surface area contributed by atoms with E-state index < -0.39 is 8.07 Å². The highest BCUT2D eigenvalue weighted by Gasteiger charge is 2.26.